The molecule has 4 heterocycles. The minimum atomic E-state index is -0.181. The summed E-state index contributed by atoms with van der Waals surface area (Å²) in [6, 6.07) is 48.6. The number of hydrogen-bond acceptors (Lipinski definition) is 7. The summed E-state index contributed by atoms with van der Waals surface area (Å²) in [7, 11) is 8.34. The van der Waals surface area contributed by atoms with E-state index in [0.717, 1.165) is 11.4 Å². The molecule has 2 aliphatic heterocycles. The fourth-order valence-electron chi connectivity index (χ4n) is 7.81. The van der Waals surface area contributed by atoms with Crippen LogP contribution in [0.2, 0.25) is 0 Å². The molecule has 0 atom stereocenters. The van der Waals surface area contributed by atoms with Crippen LogP contribution in [0.5, 0.6) is 0 Å². The van der Waals surface area contributed by atoms with Crippen LogP contribution in [-0.2, 0) is 43.6 Å². The van der Waals surface area contributed by atoms with Gasteiger partial charge in [-0.05, 0) is 87.2 Å². The Morgan fingerprint density at radius 3 is 1.38 bits per heavy atom. The molecular formula is C47H45K2N8O3Os-. The Hall–Kier alpha value is -3.20. The predicted molar refractivity (Wildman–Crippen MR) is 228 cm³/mol. The third-order valence-electron chi connectivity index (χ3n) is 10.4. The molecule has 2 aliphatic rings. The van der Waals surface area contributed by atoms with Crippen molar-refractivity contribution in [3.8, 4) is 11.4 Å². The van der Waals surface area contributed by atoms with E-state index in [1.165, 1.54) is 67.3 Å². The number of benzene rings is 6. The largest absolute Gasteiger partial charge is 1.00 e. The smallest absolute Gasteiger partial charge is 1.00 e. The first-order valence-corrected chi connectivity index (χ1v) is 18.9. The molecule has 10 rings (SSSR count). The SMILES string of the molecule is Cc1cc(-n2c[n+](C)c3ccccc32)cc(-n2c[n+](C)c3ccccc32)c1.Cc1cc(N2[CH-]N(C)c3ccccc32)[c-]c(N2[CH-]N(C)c3ccccc32)c1.O=CO[O-].[H-].[K+].[K+].[Os]. The average Bonchev–Trinajstić information content (AvgIpc) is 3.98. The summed E-state index contributed by atoms with van der Waals surface area (Å²) in [6.07, 6.45) is 4.30. The first-order valence-electron chi connectivity index (χ1n) is 18.9. The molecule has 14 heteroatoms. The third kappa shape index (κ3) is 10.1. The van der Waals surface area contributed by atoms with Gasteiger partial charge in [0.1, 0.15) is 11.4 Å². The fraction of sp³-hybridized carbons (Fsp3) is 0.128. The molecule has 0 unspecified atom stereocenters. The van der Waals surface area contributed by atoms with Crippen LogP contribution in [0.15, 0.2) is 140 Å². The van der Waals surface area contributed by atoms with Gasteiger partial charge in [0.05, 0.1) is 14.1 Å². The zero-order chi connectivity index (χ0) is 40.5. The molecule has 11 nitrogen and oxygen atoms in total. The molecule has 0 saturated heterocycles. The molecule has 302 valence electrons. The second-order valence-corrected chi connectivity index (χ2v) is 14.5. The average molecular weight is 1040 g/mol. The van der Waals surface area contributed by atoms with Crippen LogP contribution < -0.4 is 137 Å². The predicted octanol–water partition coefficient (Wildman–Crippen LogP) is 1.29. The maximum atomic E-state index is 8.64. The number of fused-ring (bicyclic) bond motifs is 4. The Morgan fingerprint density at radius 1 is 0.607 bits per heavy atom. The van der Waals surface area contributed by atoms with Crippen molar-refractivity contribution in [2.45, 2.75) is 13.8 Å². The monoisotopic (exact) mass is 1040 g/mol. The van der Waals surface area contributed by atoms with E-state index in [0.29, 0.717) is 0 Å². The number of hydrogen-bond donors (Lipinski definition) is 0. The molecular weight excluding hydrogens is 993 g/mol. The Labute approximate surface area is 457 Å². The van der Waals surface area contributed by atoms with Gasteiger partial charge in [-0.15, -0.1) is 29.6 Å². The fourth-order valence-corrected chi connectivity index (χ4v) is 7.81. The summed E-state index contributed by atoms with van der Waals surface area (Å²) >= 11 is 0. The Kier molecular flexibility index (Phi) is 17.2. The topological polar surface area (TPSA) is 79.9 Å². The number of anilines is 6. The molecule has 6 aromatic carbocycles. The first kappa shape index (κ1) is 48.8. The van der Waals surface area contributed by atoms with Gasteiger partial charge in [-0.1, -0.05) is 55.5 Å². The quantitative estimate of drug-likeness (QED) is 0.0644. The number of aromatic nitrogens is 4. The van der Waals surface area contributed by atoms with Gasteiger partial charge in [-0.3, -0.25) is 4.79 Å². The van der Waals surface area contributed by atoms with E-state index in [1.807, 2.05) is 0 Å². The summed E-state index contributed by atoms with van der Waals surface area (Å²) in [5.41, 5.74) is 16.5. The first-order chi connectivity index (χ1) is 28.1. The van der Waals surface area contributed by atoms with Crippen molar-refractivity contribution < 1.29 is 148 Å². The van der Waals surface area contributed by atoms with E-state index < -0.39 is 0 Å². The van der Waals surface area contributed by atoms with E-state index in [9.17, 15) is 0 Å². The Balaban J connectivity index is 0.000000237. The zero-order valence-corrected chi connectivity index (χ0v) is 44.5. The molecule has 0 fully saturated rings. The van der Waals surface area contributed by atoms with Crippen molar-refractivity contribution in [3.63, 3.8) is 0 Å². The summed E-state index contributed by atoms with van der Waals surface area (Å²) in [5.74, 6) is 0. The summed E-state index contributed by atoms with van der Waals surface area (Å²) < 4.78 is 8.86. The van der Waals surface area contributed by atoms with Crippen molar-refractivity contribution in [1.29, 1.82) is 0 Å². The Bertz CT molecular complexity index is 2630. The molecule has 0 radical (unpaired) electrons. The normalized spacial score (nSPS) is 12.2. The number of carbonyl (C=O) groups is 1. The molecule has 0 spiro atoms. The number of nitrogens with zero attached hydrogens (tertiary/aromatic N) is 8. The van der Waals surface area contributed by atoms with Crippen molar-refractivity contribution in [3.05, 3.63) is 171 Å². The van der Waals surface area contributed by atoms with Crippen LogP contribution >= 0.6 is 0 Å². The van der Waals surface area contributed by atoms with Gasteiger partial charge in [0, 0.05) is 48.6 Å². The molecule has 0 N–H and O–H groups in total. The van der Waals surface area contributed by atoms with Gasteiger partial charge in [-0.2, -0.15) is 28.0 Å². The van der Waals surface area contributed by atoms with Gasteiger partial charge < -0.3 is 31.2 Å². The minimum absolute atomic E-state index is 0. The molecule has 8 aromatic rings. The summed E-state index contributed by atoms with van der Waals surface area (Å²) in [6.45, 7) is 8.35. The van der Waals surface area contributed by atoms with Crippen LogP contribution in [0.3, 0.4) is 0 Å². The number of para-hydroxylation sites is 8. The van der Waals surface area contributed by atoms with Crippen LogP contribution in [-0.4, -0.2) is 29.7 Å². The van der Waals surface area contributed by atoms with Crippen LogP contribution in [0, 0.1) is 33.3 Å². The van der Waals surface area contributed by atoms with Crippen molar-refractivity contribution >= 4 is 62.7 Å². The zero-order valence-electron chi connectivity index (χ0n) is 36.7. The molecule has 0 amide bonds. The van der Waals surface area contributed by atoms with Gasteiger partial charge in [0.25, 0.3) is 6.47 Å². The second-order valence-electron chi connectivity index (χ2n) is 14.5. The van der Waals surface area contributed by atoms with E-state index in [1.54, 1.807) is 0 Å². The number of carbonyl (C=O) groups excluding carboxylic acids is 1. The van der Waals surface area contributed by atoms with Gasteiger partial charge in [0.2, 0.25) is 12.7 Å². The number of rotatable bonds is 5. The third-order valence-corrected chi connectivity index (χ3v) is 10.4. The maximum Gasteiger partial charge on any atom is 1.00 e. The molecule has 61 heavy (non-hydrogen) atoms. The van der Waals surface area contributed by atoms with Crippen LogP contribution in [0.1, 0.15) is 12.6 Å². The van der Waals surface area contributed by atoms with E-state index in [2.05, 4.69) is 244 Å². The van der Waals surface area contributed by atoms with Gasteiger partial charge >= 0.3 is 103 Å². The maximum absolute atomic E-state index is 8.64. The van der Waals surface area contributed by atoms with E-state index in [4.69, 9.17) is 10.1 Å². The number of aryl methyl sites for hydroxylation is 4. The number of imidazole rings is 2. The van der Waals surface area contributed by atoms with Gasteiger partial charge in [0.15, 0.2) is 22.1 Å². The van der Waals surface area contributed by atoms with Crippen molar-refractivity contribution in [2.75, 3.05) is 33.7 Å². The summed E-state index contributed by atoms with van der Waals surface area (Å²) in [5, 5.41) is 8.43. The second kappa shape index (κ2) is 21.5. The van der Waals surface area contributed by atoms with Crippen LogP contribution in [0.4, 0.5) is 34.1 Å². The van der Waals surface area contributed by atoms with E-state index >= 15 is 0 Å². The summed E-state index contributed by atoms with van der Waals surface area (Å²) in [4.78, 5) is 20.0. The van der Waals surface area contributed by atoms with Crippen molar-refractivity contribution in [1.82, 2.24) is 9.13 Å². The van der Waals surface area contributed by atoms with Gasteiger partial charge in [-0.25, -0.2) is 9.13 Å². The Morgan fingerprint density at radius 2 is 0.967 bits per heavy atom. The standard InChI is InChI=1S/C23H22N4.C23H21N4.CH2O3.2K.Os.H/c2*1-17-12-18(26-15-24(2)20-8-4-6-10-22(20)26)14-19(13-17)27-16-25(3)21-9-5-7-11-23(21)27;2-1-4-3;;;;/h4-16H,1-3H3;4-13,15-16H,1-3H3;1,3H;;;;/q+2;-3;;2*+1;;-1/p-1. The van der Waals surface area contributed by atoms with Crippen molar-refractivity contribution in [2.24, 2.45) is 14.1 Å². The molecule has 0 aliphatic carbocycles. The van der Waals surface area contributed by atoms with Crippen LogP contribution in [0.25, 0.3) is 33.4 Å². The molecule has 2 aromatic heterocycles. The minimum Gasteiger partial charge on any atom is -1.00 e. The van der Waals surface area contributed by atoms with E-state index in [-0.39, 0.29) is 130 Å². The molecule has 0 bridgehead atoms. The molecule has 0 saturated carbocycles.